The first-order chi connectivity index (χ1) is 16.1. The van der Waals surface area contributed by atoms with Crippen LogP contribution >= 0.6 is 0 Å². The summed E-state index contributed by atoms with van der Waals surface area (Å²) < 4.78 is 39.4. The normalized spacial score (nSPS) is 15.0. The van der Waals surface area contributed by atoms with Crippen LogP contribution in [0.15, 0.2) is 36.4 Å². The van der Waals surface area contributed by atoms with Gasteiger partial charge in [0.05, 0.1) is 24.3 Å². The predicted octanol–water partition coefficient (Wildman–Crippen LogP) is 2.27. The van der Waals surface area contributed by atoms with Crippen LogP contribution in [-0.4, -0.2) is 49.7 Å². The third-order valence-electron chi connectivity index (χ3n) is 4.93. The van der Waals surface area contributed by atoms with Crippen molar-refractivity contribution in [3.8, 4) is 11.1 Å². The maximum atomic E-state index is 14.9. The molecule has 180 valence electrons. The van der Waals surface area contributed by atoms with Crippen LogP contribution in [0.4, 0.5) is 19.3 Å². The Morgan fingerprint density at radius 1 is 1.09 bits per heavy atom. The van der Waals surface area contributed by atoms with E-state index in [9.17, 15) is 28.0 Å². The van der Waals surface area contributed by atoms with E-state index < -0.39 is 42.3 Å². The van der Waals surface area contributed by atoms with E-state index in [-0.39, 0.29) is 42.4 Å². The van der Waals surface area contributed by atoms with Gasteiger partial charge in [-0.25, -0.2) is 13.6 Å². The number of ether oxygens (including phenoxy) is 2. The summed E-state index contributed by atoms with van der Waals surface area (Å²) in [6, 6.07) is 8.29. The second-order valence-electron chi connectivity index (χ2n) is 7.59. The zero-order chi connectivity index (χ0) is 24.8. The van der Waals surface area contributed by atoms with Crippen LogP contribution in [0.3, 0.4) is 0 Å². The van der Waals surface area contributed by atoms with E-state index in [1.54, 1.807) is 12.1 Å². The number of nitrogens with zero attached hydrogens (tertiary/aromatic N) is 1. The zero-order valence-corrected chi connectivity index (χ0v) is 18.5. The number of cyclic esters (lactones) is 1. The van der Waals surface area contributed by atoms with Gasteiger partial charge in [0.25, 0.3) is 5.91 Å². The standard InChI is InChI=1S/C23H23F2N3O6/c1-13(29)26-10-18-11-28(23(32)34-18)17-7-19(24)22(20(25)8-17)16-5-3-15(4-6-16)9-27-21(31)12-33-14(2)30/h3-8,18H,9-12H2,1-2H3,(H,26,29)(H,27,31)/t18-/m0/s1. The highest BCUT2D eigenvalue weighted by molar-refractivity contribution is 5.90. The van der Waals surface area contributed by atoms with Crippen molar-refractivity contribution < 1.29 is 37.4 Å². The molecule has 34 heavy (non-hydrogen) atoms. The quantitative estimate of drug-likeness (QED) is 0.567. The maximum absolute atomic E-state index is 14.9. The lowest BCUT2D eigenvalue weighted by Gasteiger charge is -2.15. The van der Waals surface area contributed by atoms with E-state index in [0.717, 1.165) is 17.0 Å². The number of benzene rings is 2. The molecule has 0 saturated carbocycles. The van der Waals surface area contributed by atoms with Crippen LogP contribution in [0.2, 0.25) is 0 Å². The average molecular weight is 475 g/mol. The SMILES string of the molecule is CC(=O)NC[C@H]1CN(c2cc(F)c(-c3ccc(CNC(=O)COC(C)=O)cc3)c(F)c2)C(=O)O1. The molecule has 1 fully saturated rings. The molecule has 1 aliphatic rings. The number of esters is 1. The van der Waals surface area contributed by atoms with Gasteiger partial charge in [-0.1, -0.05) is 24.3 Å². The first kappa shape index (κ1) is 24.6. The highest BCUT2D eigenvalue weighted by atomic mass is 19.1. The summed E-state index contributed by atoms with van der Waals surface area (Å²) in [5.41, 5.74) is 0.671. The van der Waals surface area contributed by atoms with Crippen molar-refractivity contribution in [3.05, 3.63) is 53.6 Å². The van der Waals surface area contributed by atoms with E-state index in [1.165, 1.54) is 26.0 Å². The van der Waals surface area contributed by atoms with Gasteiger partial charge in [0.2, 0.25) is 5.91 Å². The molecular formula is C23H23F2N3O6. The molecule has 2 aromatic carbocycles. The van der Waals surface area contributed by atoms with Gasteiger partial charge >= 0.3 is 12.1 Å². The smallest absolute Gasteiger partial charge is 0.414 e. The highest BCUT2D eigenvalue weighted by Crippen LogP contribution is 2.32. The van der Waals surface area contributed by atoms with Crippen LogP contribution in [0, 0.1) is 11.6 Å². The first-order valence-electron chi connectivity index (χ1n) is 10.3. The minimum atomic E-state index is -0.865. The Labute approximate surface area is 194 Å². The molecule has 0 unspecified atom stereocenters. The first-order valence-corrected chi connectivity index (χ1v) is 10.3. The summed E-state index contributed by atoms with van der Waals surface area (Å²) in [5.74, 6) is -3.06. The maximum Gasteiger partial charge on any atom is 0.414 e. The minimum Gasteiger partial charge on any atom is -0.456 e. The second-order valence-corrected chi connectivity index (χ2v) is 7.59. The fourth-order valence-corrected chi connectivity index (χ4v) is 3.30. The molecule has 0 spiro atoms. The number of halogens is 2. The molecule has 3 amide bonds. The average Bonchev–Trinajstić information content (AvgIpc) is 3.15. The van der Waals surface area contributed by atoms with Crippen LogP contribution in [-0.2, 0) is 30.4 Å². The molecule has 0 aromatic heterocycles. The third-order valence-corrected chi connectivity index (χ3v) is 4.93. The molecule has 9 nitrogen and oxygen atoms in total. The van der Waals surface area contributed by atoms with Gasteiger partial charge in [-0.2, -0.15) is 0 Å². The van der Waals surface area contributed by atoms with Crippen molar-refractivity contribution in [1.82, 2.24) is 10.6 Å². The van der Waals surface area contributed by atoms with E-state index in [0.29, 0.717) is 5.56 Å². The lowest BCUT2D eigenvalue weighted by molar-refractivity contribution is -0.146. The van der Waals surface area contributed by atoms with Gasteiger partial charge in [0.15, 0.2) is 6.61 Å². The van der Waals surface area contributed by atoms with E-state index in [4.69, 9.17) is 4.74 Å². The number of rotatable bonds is 8. The molecule has 3 rings (SSSR count). The molecule has 1 atom stereocenters. The molecular weight excluding hydrogens is 452 g/mol. The molecule has 1 heterocycles. The van der Waals surface area contributed by atoms with Crippen LogP contribution in [0.25, 0.3) is 11.1 Å². The van der Waals surface area contributed by atoms with E-state index >= 15 is 0 Å². The number of nitrogens with one attached hydrogen (secondary N) is 2. The van der Waals surface area contributed by atoms with Crippen molar-refractivity contribution in [2.24, 2.45) is 0 Å². The van der Waals surface area contributed by atoms with Gasteiger partial charge < -0.3 is 20.1 Å². The third kappa shape index (κ3) is 6.27. The molecule has 1 saturated heterocycles. The minimum absolute atomic E-state index is 0.00110. The Kier molecular flexibility index (Phi) is 7.77. The van der Waals surface area contributed by atoms with Crippen LogP contribution < -0.4 is 15.5 Å². The Balaban J connectivity index is 1.68. The molecule has 2 aromatic rings. The van der Waals surface area contributed by atoms with Gasteiger partial charge in [-0.3, -0.25) is 19.3 Å². The summed E-state index contributed by atoms with van der Waals surface area (Å²) in [5, 5.41) is 5.09. The van der Waals surface area contributed by atoms with Gasteiger partial charge in [-0.05, 0) is 23.3 Å². The van der Waals surface area contributed by atoms with E-state index in [2.05, 4.69) is 15.4 Å². The second kappa shape index (κ2) is 10.7. The molecule has 11 heteroatoms. The lowest BCUT2D eigenvalue weighted by Crippen LogP contribution is -2.33. The van der Waals surface area contributed by atoms with Gasteiger partial charge in [0, 0.05) is 20.4 Å². The Bertz CT molecular complexity index is 1080. The molecule has 0 bridgehead atoms. The fourth-order valence-electron chi connectivity index (χ4n) is 3.30. The Hall–Kier alpha value is -4.02. The summed E-state index contributed by atoms with van der Waals surface area (Å²) >= 11 is 0. The molecule has 0 aliphatic carbocycles. The number of carbonyl (C=O) groups is 4. The number of hydrogen-bond acceptors (Lipinski definition) is 6. The van der Waals surface area contributed by atoms with Crippen molar-refractivity contribution >= 4 is 29.6 Å². The van der Waals surface area contributed by atoms with Crippen molar-refractivity contribution in [2.45, 2.75) is 26.5 Å². The predicted molar refractivity (Wildman–Crippen MR) is 117 cm³/mol. The zero-order valence-electron chi connectivity index (χ0n) is 18.5. The van der Waals surface area contributed by atoms with Crippen LogP contribution in [0.1, 0.15) is 19.4 Å². The van der Waals surface area contributed by atoms with E-state index in [1.807, 2.05) is 0 Å². The highest BCUT2D eigenvalue weighted by Gasteiger charge is 2.33. The fraction of sp³-hybridized carbons (Fsp3) is 0.304. The van der Waals surface area contributed by atoms with Crippen molar-refractivity contribution in [2.75, 3.05) is 24.6 Å². The largest absolute Gasteiger partial charge is 0.456 e. The van der Waals surface area contributed by atoms with Crippen molar-refractivity contribution in [1.29, 1.82) is 0 Å². The summed E-state index contributed by atoms with van der Waals surface area (Å²) in [6.07, 6.45) is -1.40. The number of carbonyl (C=O) groups excluding carboxylic acids is 4. The Morgan fingerprint density at radius 3 is 2.32 bits per heavy atom. The van der Waals surface area contributed by atoms with Gasteiger partial charge in [-0.15, -0.1) is 0 Å². The summed E-state index contributed by atoms with van der Waals surface area (Å²) in [7, 11) is 0. The lowest BCUT2D eigenvalue weighted by atomic mass is 10.0. The topological polar surface area (TPSA) is 114 Å². The molecule has 2 N–H and O–H groups in total. The van der Waals surface area contributed by atoms with Gasteiger partial charge in [0.1, 0.15) is 17.7 Å². The monoisotopic (exact) mass is 475 g/mol. The van der Waals surface area contributed by atoms with Crippen molar-refractivity contribution in [3.63, 3.8) is 0 Å². The van der Waals surface area contributed by atoms with Crippen LogP contribution in [0.5, 0.6) is 0 Å². The molecule has 1 aliphatic heterocycles. The number of anilines is 1. The number of amides is 3. The summed E-state index contributed by atoms with van der Waals surface area (Å²) in [4.78, 5) is 46.6. The Morgan fingerprint density at radius 2 is 1.74 bits per heavy atom. The number of hydrogen-bond donors (Lipinski definition) is 2. The summed E-state index contributed by atoms with van der Waals surface area (Å²) in [6.45, 7) is 2.40. The molecule has 0 radical (unpaired) electrons.